The zero-order valence-electron chi connectivity index (χ0n) is 13.2. The van der Waals surface area contributed by atoms with E-state index in [2.05, 4.69) is 5.32 Å². The van der Waals surface area contributed by atoms with Crippen LogP contribution in [0.25, 0.3) is 0 Å². The molecule has 1 aromatic heterocycles. The van der Waals surface area contributed by atoms with Crippen LogP contribution in [0.1, 0.15) is 35.1 Å². The minimum atomic E-state index is -0.106. The van der Waals surface area contributed by atoms with Gasteiger partial charge in [0.1, 0.15) is 0 Å². The smallest absolute Gasteiger partial charge is 0.254 e. The number of anilines is 1. The fourth-order valence-electron chi connectivity index (χ4n) is 2.44. The number of hydrogen-bond donors (Lipinski definition) is 1. The number of amides is 2. The van der Waals surface area contributed by atoms with E-state index in [9.17, 15) is 9.59 Å². The van der Waals surface area contributed by atoms with Gasteiger partial charge in [0.15, 0.2) is 0 Å². The van der Waals surface area contributed by atoms with Gasteiger partial charge < -0.3 is 10.2 Å². The monoisotopic (exact) mass is 346 g/mol. The fraction of sp³-hybridized carbons (Fsp3) is 0.294. The molecule has 0 aliphatic carbocycles. The maximum absolute atomic E-state index is 12.7. The molecule has 0 saturated carbocycles. The zero-order chi connectivity index (χ0) is 16.6. The summed E-state index contributed by atoms with van der Waals surface area (Å²) in [4.78, 5) is 28.4. The molecular formula is C17H18N2O2S2. The number of rotatable bonds is 3. The summed E-state index contributed by atoms with van der Waals surface area (Å²) in [6.07, 6.45) is 0. The molecule has 0 radical (unpaired) electrons. The predicted molar refractivity (Wildman–Crippen MR) is 95.2 cm³/mol. The summed E-state index contributed by atoms with van der Waals surface area (Å²) in [7, 11) is 1.81. The number of thiophene rings is 1. The third-order valence-corrected chi connectivity index (χ3v) is 6.23. The van der Waals surface area contributed by atoms with Crippen molar-refractivity contribution in [3.05, 3.63) is 46.2 Å². The van der Waals surface area contributed by atoms with E-state index in [4.69, 9.17) is 0 Å². The number of nitrogens with one attached hydrogen (secondary N) is 1. The Morgan fingerprint density at radius 1 is 1.35 bits per heavy atom. The van der Waals surface area contributed by atoms with Crippen molar-refractivity contribution in [1.82, 2.24) is 4.90 Å². The van der Waals surface area contributed by atoms with Crippen LogP contribution in [0.2, 0.25) is 0 Å². The molecule has 0 fully saturated rings. The van der Waals surface area contributed by atoms with E-state index in [1.54, 1.807) is 22.3 Å². The second kappa shape index (κ2) is 6.37. The maximum atomic E-state index is 12.7. The van der Waals surface area contributed by atoms with Crippen LogP contribution in [0, 0.1) is 0 Å². The SMILES string of the molecule is C[C@H]1Sc2ccc(C(=O)N(C)[C@@H](C)c3cccs3)cc2NC1=O. The van der Waals surface area contributed by atoms with Gasteiger partial charge in [0, 0.05) is 22.4 Å². The lowest BCUT2D eigenvalue weighted by atomic mass is 10.1. The lowest BCUT2D eigenvalue weighted by Gasteiger charge is -2.26. The lowest BCUT2D eigenvalue weighted by molar-refractivity contribution is -0.115. The average Bonchev–Trinajstić information content (AvgIpc) is 3.08. The van der Waals surface area contributed by atoms with Crippen LogP contribution in [0.3, 0.4) is 0 Å². The van der Waals surface area contributed by atoms with Gasteiger partial charge in [0.25, 0.3) is 5.91 Å². The van der Waals surface area contributed by atoms with E-state index in [-0.39, 0.29) is 23.1 Å². The van der Waals surface area contributed by atoms with Gasteiger partial charge in [-0.15, -0.1) is 23.1 Å². The topological polar surface area (TPSA) is 49.4 Å². The molecule has 2 atom stereocenters. The summed E-state index contributed by atoms with van der Waals surface area (Å²) in [6, 6.07) is 9.54. The normalized spacial score (nSPS) is 18.0. The number of benzene rings is 1. The summed E-state index contributed by atoms with van der Waals surface area (Å²) in [5.74, 6) is -0.0704. The van der Waals surface area contributed by atoms with Crippen LogP contribution in [0.4, 0.5) is 5.69 Å². The molecule has 2 amide bonds. The maximum Gasteiger partial charge on any atom is 0.254 e. The highest BCUT2D eigenvalue weighted by Crippen LogP contribution is 2.36. The summed E-state index contributed by atoms with van der Waals surface area (Å²) < 4.78 is 0. The minimum Gasteiger partial charge on any atom is -0.334 e. The number of thioether (sulfide) groups is 1. The Kier molecular flexibility index (Phi) is 4.46. The molecule has 0 spiro atoms. The van der Waals surface area contributed by atoms with Crippen LogP contribution in [-0.4, -0.2) is 29.0 Å². The Balaban J connectivity index is 1.83. The highest BCUT2D eigenvalue weighted by atomic mass is 32.2. The summed E-state index contributed by atoms with van der Waals surface area (Å²) in [5, 5.41) is 4.78. The zero-order valence-corrected chi connectivity index (χ0v) is 14.8. The molecule has 0 saturated heterocycles. The molecule has 3 rings (SSSR count). The molecule has 0 unspecified atom stereocenters. The van der Waals surface area contributed by atoms with E-state index in [0.717, 1.165) is 15.5 Å². The average molecular weight is 346 g/mol. The van der Waals surface area contributed by atoms with Crippen LogP contribution >= 0.6 is 23.1 Å². The molecule has 1 aliphatic heterocycles. The number of carbonyl (C=O) groups is 2. The van der Waals surface area contributed by atoms with E-state index in [0.29, 0.717) is 5.56 Å². The molecule has 1 aromatic carbocycles. The first-order valence-electron chi connectivity index (χ1n) is 7.39. The van der Waals surface area contributed by atoms with Crippen molar-refractivity contribution in [2.24, 2.45) is 0 Å². The molecule has 1 N–H and O–H groups in total. The summed E-state index contributed by atoms with van der Waals surface area (Å²) in [5.41, 5.74) is 1.31. The van der Waals surface area contributed by atoms with Crippen LogP contribution in [0.15, 0.2) is 40.6 Å². The second-order valence-corrected chi connectivity index (χ2v) is 7.93. The Morgan fingerprint density at radius 3 is 2.83 bits per heavy atom. The van der Waals surface area contributed by atoms with Gasteiger partial charge in [-0.25, -0.2) is 0 Å². The van der Waals surface area contributed by atoms with Gasteiger partial charge in [-0.2, -0.15) is 0 Å². The Bertz CT molecular complexity index is 743. The highest BCUT2D eigenvalue weighted by Gasteiger charge is 2.25. The molecule has 120 valence electrons. The van der Waals surface area contributed by atoms with E-state index in [1.165, 1.54) is 11.8 Å². The van der Waals surface area contributed by atoms with E-state index in [1.807, 2.05) is 50.5 Å². The first-order valence-corrected chi connectivity index (χ1v) is 9.15. The van der Waals surface area contributed by atoms with Crippen molar-refractivity contribution in [2.45, 2.75) is 30.0 Å². The number of hydrogen-bond acceptors (Lipinski definition) is 4. The molecule has 0 bridgehead atoms. The second-order valence-electron chi connectivity index (χ2n) is 5.57. The van der Waals surface area contributed by atoms with Crippen molar-refractivity contribution in [3.8, 4) is 0 Å². The molecule has 2 heterocycles. The molecule has 2 aromatic rings. The van der Waals surface area contributed by atoms with Crippen molar-refractivity contribution in [2.75, 3.05) is 12.4 Å². The number of fused-ring (bicyclic) bond motifs is 1. The van der Waals surface area contributed by atoms with Crippen molar-refractivity contribution < 1.29 is 9.59 Å². The van der Waals surface area contributed by atoms with Crippen molar-refractivity contribution in [3.63, 3.8) is 0 Å². The van der Waals surface area contributed by atoms with Gasteiger partial charge in [0.05, 0.1) is 17.0 Å². The summed E-state index contributed by atoms with van der Waals surface area (Å²) >= 11 is 3.16. The fourth-order valence-corrected chi connectivity index (χ4v) is 4.20. The molecule has 23 heavy (non-hydrogen) atoms. The van der Waals surface area contributed by atoms with Gasteiger partial charge >= 0.3 is 0 Å². The lowest BCUT2D eigenvalue weighted by Crippen LogP contribution is -2.30. The summed E-state index contributed by atoms with van der Waals surface area (Å²) in [6.45, 7) is 3.89. The molecule has 6 heteroatoms. The van der Waals surface area contributed by atoms with E-state index >= 15 is 0 Å². The van der Waals surface area contributed by atoms with Gasteiger partial charge in [-0.3, -0.25) is 9.59 Å². The van der Waals surface area contributed by atoms with Gasteiger partial charge in [-0.1, -0.05) is 6.07 Å². The predicted octanol–water partition coefficient (Wildman–Crippen LogP) is 4.01. The molecule has 1 aliphatic rings. The van der Waals surface area contributed by atoms with Crippen LogP contribution < -0.4 is 5.32 Å². The van der Waals surface area contributed by atoms with Crippen molar-refractivity contribution >= 4 is 40.6 Å². The number of nitrogens with zero attached hydrogens (tertiary/aromatic N) is 1. The van der Waals surface area contributed by atoms with Gasteiger partial charge in [-0.05, 0) is 43.5 Å². The van der Waals surface area contributed by atoms with Crippen molar-refractivity contribution in [1.29, 1.82) is 0 Å². The quantitative estimate of drug-likeness (QED) is 0.913. The Hall–Kier alpha value is -1.79. The Morgan fingerprint density at radius 2 is 2.13 bits per heavy atom. The largest absolute Gasteiger partial charge is 0.334 e. The van der Waals surface area contributed by atoms with E-state index < -0.39 is 0 Å². The number of carbonyl (C=O) groups excluding carboxylic acids is 2. The molecule has 4 nitrogen and oxygen atoms in total. The third kappa shape index (κ3) is 3.14. The highest BCUT2D eigenvalue weighted by molar-refractivity contribution is 8.00. The third-order valence-electron chi connectivity index (χ3n) is 4.01. The standard InChI is InChI=1S/C17H18N2O2S2/c1-10(14-5-4-8-22-14)19(3)17(21)12-6-7-15-13(9-12)18-16(20)11(2)23-15/h4-11H,1-3H3,(H,18,20)/t10-,11+/m0/s1. The van der Waals surface area contributed by atoms with Crippen LogP contribution in [-0.2, 0) is 4.79 Å². The first-order chi connectivity index (χ1) is 11.0. The van der Waals surface area contributed by atoms with Gasteiger partial charge in [0.2, 0.25) is 5.91 Å². The molecular weight excluding hydrogens is 328 g/mol. The Labute approximate surface area is 143 Å². The first kappa shape index (κ1) is 16.1. The minimum absolute atomic E-state index is 0.0162. The van der Waals surface area contributed by atoms with Crippen LogP contribution in [0.5, 0.6) is 0 Å².